The minimum Gasteiger partial charge on any atom is -0.466 e. The van der Waals surface area contributed by atoms with Crippen LogP contribution in [0.4, 0.5) is 8.78 Å². The summed E-state index contributed by atoms with van der Waals surface area (Å²) in [7, 11) is 0. The fraction of sp³-hybridized carbons (Fsp3) is 0.455. The number of nitrogens with zero attached hydrogens (tertiary/aromatic N) is 1. The zero-order chi connectivity index (χ0) is 13.7. The molecule has 0 unspecified atom stereocenters. The maximum atomic E-state index is 12.7. The molecule has 0 aliphatic heterocycles. The number of carbonyl (C=O) groups is 1. The summed E-state index contributed by atoms with van der Waals surface area (Å²) in [6.45, 7) is 2.01. The lowest BCUT2D eigenvalue weighted by Gasteiger charge is -2.12. The van der Waals surface area contributed by atoms with E-state index in [1.165, 1.54) is 6.20 Å². The Labute approximate surface area is 126 Å². The summed E-state index contributed by atoms with van der Waals surface area (Å²) in [5.41, 5.74) is 1.02. The Hall–Kier alpha value is -0.310. The second-order valence-corrected chi connectivity index (χ2v) is 5.02. The van der Waals surface area contributed by atoms with E-state index in [0.717, 1.165) is 0 Å². The normalized spacial score (nSPS) is 10.8. The van der Waals surface area contributed by atoms with E-state index in [2.05, 4.69) is 20.9 Å². The molecule has 0 atom stereocenters. The molecule has 100 valence electrons. The van der Waals surface area contributed by atoms with Crippen LogP contribution in [0.1, 0.15) is 30.2 Å². The highest BCUT2D eigenvalue weighted by Gasteiger charge is 2.19. The van der Waals surface area contributed by atoms with Gasteiger partial charge in [-0.3, -0.25) is 9.78 Å². The van der Waals surface area contributed by atoms with Crippen LogP contribution >= 0.6 is 38.5 Å². The minimum atomic E-state index is -2.62. The second kappa shape index (κ2) is 7.32. The van der Waals surface area contributed by atoms with E-state index >= 15 is 0 Å². The van der Waals surface area contributed by atoms with Gasteiger partial charge in [0.1, 0.15) is 5.69 Å². The summed E-state index contributed by atoms with van der Waals surface area (Å²) >= 11 is 5.07. The third kappa shape index (κ3) is 3.84. The summed E-state index contributed by atoms with van der Waals surface area (Å²) in [4.78, 5) is 15.1. The van der Waals surface area contributed by atoms with Crippen LogP contribution in [-0.2, 0) is 21.3 Å². The van der Waals surface area contributed by atoms with E-state index in [1.54, 1.807) is 6.92 Å². The van der Waals surface area contributed by atoms with Gasteiger partial charge in [0.15, 0.2) is 0 Å². The number of rotatable bonds is 5. The number of alkyl halides is 3. The summed E-state index contributed by atoms with van der Waals surface area (Å²) in [6.07, 6.45) is -1.26. The number of aromatic nitrogens is 1. The maximum absolute atomic E-state index is 12.7. The highest BCUT2D eigenvalue weighted by atomic mass is 127. The van der Waals surface area contributed by atoms with Gasteiger partial charge in [0.2, 0.25) is 0 Å². The lowest BCUT2D eigenvalue weighted by Crippen LogP contribution is -2.11. The highest BCUT2D eigenvalue weighted by molar-refractivity contribution is 14.1. The molecule has 1 rings (SSSR count). The predicted molar refractivity (Wildman–Crippen MR) is 74.9 cm³/mol. The van der Waals surface area contributed by atoms with Gasteiger partial charge in [-0.2, -0.15) is 0 Å². The third-order valence-electron chi connectivity index (χ3n) is 2.22. The first-order chi connectivity index (χ1) is 8.51. The quantitative estimate of drug-likeness (QED) is 0.404. The van der Waals surface area contributed by atoms with Crippen molar-refractivity contribution < 1.29 is 18.3 Å². The van der Waals surface area contributed by atoms with Gasteiger partial charge in [-0.25, -0.2) is 8.78 Å². The third-order valence-corrected chi connectivity index (χ3v) is 3.98. The molecule has 1 aromatic rings. The maximum Gasteiger partial charge on any atom is 0.310 e. The molecule has 0 aliphatic carbocycles. The Bertz CT molecular complexity index is 443. The second-order valence-electron chi connectivity index (χ2n) is 3.38. The van der Waals surface area contributed by atoms with Gasteiger partial charge in [0.25, 0.3) is 6.43 Å². The fourth-order valence-corrected chi connectivity index (χ4v) is 3.47. The first-order valence-corrected chi connectivity index (χ1v) is 7.37. The van der Waals surface area contributed by atoms with Gasteiger partial charge >= 0.3 is 5.97 Å². The van der Waals surface area contributed by atoms with Gasteiger partial charge in [0, 0.05) is 15.1 Å². The van der Waals surface area contributed by atoms with E-state index < -0.39 is 6.43 Å². The van der Waals surface area contributed by atoms with Gasteiger partial charge in [0.05, 0.1) is 13.0 Å². The summed E-state index contributed by atoms with van der Waals surface area (Å²) in [6, 6.07) is 0. The number of ether oxygens (including phenoxy) is 1. The highest BCUT2D eigenvalue weighted by Crippen LogP contribution is 2.28. The van der Waals surface area contributed by atoms with Crippen LogP contribution in [-0.4, -0.2) is 17.6 Å². The molecule has 3 nitrogen and oxygen atoms in total. The van der Waals surface area contributed by atoms with E-state index in [-0.39, 0.29) is 18.1 Å². The molecule has 1 heterocycles. The number of esters is 1. The Morgan fingerprint density at radius 3 is 2.78 bits per heavy atom. The van der Waals surface area contributed by atoms with Crippen LogP contribution in [0.2, 0.25) is 0 Å². The number of hydrogen-bond acceptors (Lipinski definition) is 3. The summed E-state index contributed by atoms with van der Waals surface area (Å²) in [5, 5.41) is 0.391. The van der Waals surface area contributed by atoms with Crippen molar-refractivity contribution in [2.45, 2.75) is 25.1 Å². The van der Waals surface area contributed by atoms with Crippen LogP contribution < -0.4 is 0 Å². The molecule has 0 bridgehead atoms. The molecule has 0 saturated heterocycles. The molecule has 0 amide bonds. The lowest BCUT2D eigenvalue weighted by atomic mass is 10.1. The van der Waals surface area contributed by atoms with Gasteiger partial charge in [-0.15, -0.1) is 0 Å². The van der Waals surface area contributed by atoms with Crippen LogP contribution in [0.3, 0.4) is 0 Å². The topological polar surface area (TPSA) is 39.2 Å². The number of halogens is 4. The van der Waals surface area contributed by atoms with E-state index in [0.29, 0.717) is 26.6 Å². The van der Waals surface area contributed by atoms with Crippen molar-refractivity contribution >= 4 is 44.5 Å². The van der Waals surface area contributed by atoms with Crippen LogP contribution in [0, 0.1) is 3.57 Å². The molecule has 7 heteroatoms. The van der Waals surface area contributed by atoms with Gasteiger partial charge in [-0.1, -0.05) is 15.9 Å². The summed E-state index contributed by atoms with van der Waals surface area (Å²) < 4.78 is 30.6. The van der Waals surface area contributed by atoms with E-state index in [4.69, 9.17) is 4.74 Å². The molecule has 18 heavy (non-hydrogen) atoms. The zero-order valence-electron chi connectivity index (χ0n) is 9.55. The van der Waals surface area contributed by atoms with Crippen LogP contribution in [0.25, 0.3) is 0 Å². The molecule has 0 aromatic carbocycles. The average molecular weight is 434 g/mol. The average Bonchev–Trinajstić information content (AvgIpc) is 2.29. The van der Waals surface area contributed by atoms with Crippen molar-refractivity contribution in [1.82, 2.24) is 4.98 Å². The first-order valence-electron chi connectivity index (χ1n) is 5.17. The molecule has 0 radical (unpaired) electrons. The van der Waals surface area contributed by atoms with Crippen molar-refractivity contribution in [2.75, 3.05) is 6.61 Å². The molecule has 0 saturated carbocycles. The van der Waals surface area contributed by atoms with Crippen LogP contribution in [0.5, 0.6) is 0 Å². The number of hydrogen-bond donors (Lipinski definition) is 0. The van der Waals surface area contributed by atoms with Crippen molar-refractivity contribution in [3.05, 3.63) is 26.6 Å². The zero-order valence-corrected chi connectivity index (χ0v) is 13.3. The fourth-order valence-electron chi connectivity index (χ4n) is 1.39. The van der Waals surface area contributed by atoms with E-state index in [1.807, 2.05) is 22.6 Å². The summed E-state index contributed by atoms with van der Waals surface area (Å²) in [5.74, 6) is -0.387. The Balaban J connectivity index is 3.07. The standard InChI is InChI=1S/C11H11BrF2INO2/c1-2-18-8(17)3-6-5-16-10(11(13)14)9(15)7(6)4-12/h5,11H,2-4H2,1H3. The Morgan fingerprint density at radius 2 is 2.28 bits per heavy atom. The molecule has 0 spiro atoms. The smallest absolute Gasteiger partial charge is 0.310 e. The van der Waals surface area contributed by atoms with Gasteiger partial charge < -0.3 is 4.74 Å². The Kier molecular flexibility index (Phi) is 6.40. The Morgan fingerprint density at radius 1 is 1.61 bits per heavy atom. The van der Waals surface area contributed by atoms with E-state index in [9.17, 15) is 13.6 Å². The van der Waals surface area contributed by atoms with Crippen molar-refractivity contribution in [3.8, 4) is 0 Å². The van der Waals surface area contributed by atoms with Crippen molar-refractivity contribution in [1.29, 1.82) is 0 Å². The number of pyridine rings is 1. The molecular weight excluding hydrogens is 423 g/mol. The molecule has 0 aliphatic rings. The molecule has 1 aromatic heterocycles. The largest absolute Gasteiger partial charge is 0.466 e. The first kappa shape index (κ1) is 15.7. The van der Waals surface area contributed by atoms with Crippen molar-refractivity contribution in [2.24, 2.45) is 0 Å². The SMILES string of the molecule is CCOC(=O)Cc1cnc(C(F)F)c(I)c1CBr. The van der Waals surface area contributed by atoms with Crippen molar-refractivity contribution in [3.63, 3.8) is 0 Å². The van der Waals surface area contributed by atoms with Gasteiger partial charge in [-0.05, 0) is 40.6 Å². The molecule has 0 N–H and O–H groups in total. The minimum absolute atomic E-state index is 0.0429. The molecule has 0 fully saturated rings. The molecular formula is C11H11BrF2INO2. The number of carbonyl (C=O) groups excluding carboxylic acids is 1. The van der Waals surface area contributed by atoms with Crippen LogP contribution in [0.15, 0.2) is 6.20 Å². The predicted octanol–water partition coefficient (Wildman–Crippen LogP) is 3.62. The lowest BCUT2D eigenvalue weighted by molar-refractivity contribution is -0.142. The monoisotopic (exact) mass is 433 g/mol.